The molecule has 2 aromatic heterocycles. The SMILES string of the molecule is CN(C)C(=O)CN=C(NCc1cccs1)NCC(c1cccs1)N1CCCC1. The zero-order chi connectivity index (χ0) is 19.8. The highest BCUT2D eigenvalue weighted by Crippen LogP contribution is 2.27. The van der Waals surface area contributed by atoms with E-state index < -0.39 is 0 Å². The molecule has 1 aliphatic rings. The Labute approximate surface area is 175 Å². The minimum Gasteiger partial charge on any atom is -0.354 e. The number of aliphatic imine (C=N–C) groups is 1. The molecule has 6 nitrogen and oxygen atoms in total. The predicted octanol–water partition coefficient (Wildman–Crippen LogP) is 2.77. The van der Waals surface area contributed by atoms with Crippen LogP contribution in [0.5, 0.6) is 0 Å². The van der Waals surface area contributed by atoms with Gasteiger partial charge < -0.3 is 15.5 Å². The molecular weight excluding hydrogens is 390 g/mol. The molecule has 0 saturated carbocycles. The number of carbonyl (C=O) groups excluding carboxylic acids is 1. The fourth-order valence-corrected chi connectivity index (χ4v) is 4.69. The monoisotopic (exact) mass is 419 g/mol. The number of likely N-dealkylation sites (tertiary alicyclic amines) is 1. The number of guanidine groups is 1. The van der Waals surface area contributed by atoms with Gasteiger partial charge in [-0.3, -0.25) is 9.69 Å². The lowest BCUT2D eigenvalue weighted by atomic mass is 10.2. The molecule has 1 saturated heterocycles. The van der Waals surface area contributed by atoms with Crippen LogP contribution in [0.1, 0.15) is 28.6 Å². The van der Waals surface area contributed by atoms with E-state index in [-0.39, 0.29) is 12.5 Å². The average Bonchev–Trinajstić information content (AvgIpc) is 3.46. The number of hydrogen-bond donors (Lipinski definition) is 2. The van der Waals surface area contributed by atoms with Crippen molar-refractivity contribution < 1.29 is 4.79 Å². The predicted molar refractivity (Wildman–Crippen MR) is 118 cm³/mol. The van der Waals surface area contributed by atoms with Crippen LogP contribution in [-0.2, 0) is 11.3 Å². The highest BCUT2D eigenvalue weighted by atomic mass is 32.1. The van der Waals surface area contributed by atoms with Gasteiger partial charge in [0.2, 0.25) is 5.91 Å². The first-order chi connectivity index (χ1) is 13.6. The molecule has 28 heavy (non-hydrogen) atoms. The van der Waals surface area contributed by atoms with E-state index >= 15 is 0 Å². The first-order valence-corrected chi connectivity index (χ1v) is 11.4. The van der Waals surface area contributed by atoms with E-state index in [2.05, 4.69) is 49.5 Å². The Hall–Kier alpha value is -1.90. The van der Waals surface area contributed by atoms with Gasteiger partial charge in [-0.1, -0.05) is 12.1 Å². The van der Waals surface area contributed by atoms with Crippen LogP contribution < -0.4 is 10.6 Å². The van der Waals surface area contributed by atoms with Crippen molar-refractivity contribution in [2.24, 2.45) is 4.99 Å². The molecule has 152 valence electrons. The van der Waals surface area contributed by atoms with E-state index in [1.807, 2.05) is 6.07 Å². The van der Waals surface area contributed by atoms with Gasteiger partial charge >= 0.3 is 0 Å². The Bertz CT molecular complexity index is 737. The van der Waals surface area contributed by atoms with Gasteiger partial charge in [0.25, 0.3) is 0 Å². The van der Waals surface area contributed by atoms with Crippen molar-refractivity contribution in [2.75, 3.05) is 40.3 Å². The molecule has 2 aromatic rings. The second kappa shape index (κ2) is 10.6. The van der Waals surface area contributed by atoms with Crippen molar-refractivity contribution in [2.45, 2.75) is 25.4 Å². The summed E-state index contributed by atoms with van der Waals surface area (Å²) in [7, 11) is 3.51. The van der Waals surface area contributed by atoms with Crippen LogP contribution in [0.3, 0.4) is 0 Å². The Morgan fingerprint density at radius 3 is 2.57 bits per heavy atom. The molecule has 1 unspecified atom stereocenters. The zero-order valence-corrected chi connectivity index (χ0v) is 18.2. The van der Waals surface area contributed by atoms with Gasteiger partial charge in [-0.05, 0) is 48.8 Å². The van der Waals surface area contributed by atoms with Crippen LogP contribution in [0.4, 0.5) is 0 Å². The fraction of sp³-hybridized carbons (Fsp3) is 0.500. The van der Waals surface area contributed by atoms with E-state index in [0.29, 0.717) is 18.5 Å². The quantitative estimate of drug-likeness (QED) is 0.510. The van der Waals surface area contributed by atoms with Crippen molar-refractivity contribution in [3.63, 3.8) is 0 Å². The van der Waals surface area contributed by atoms with E-state index in [1.54, 1.807) is 41.7 Å². The highest BCUT2D eigenvalue weighted by molar-refractivity contribution is 7.10. The first-order valence-electron chi connectivity index (χ1n) is 9.65. The third kappa shape index (κ3) is 6.05. The Balaban J connectivity index is 1.65. The summed E-state index contributed by atoms with van der Waals surface area (Å²) in [5, 5.41) is 11.1. The van der Waals surface area contributed by atoms with Crippen LogP contribution in [0.15, 0.2) is 40.0 Å². The second-order valence-electron chi connectivity index (χ2n) is 7.04. The molecule has 1 atom stereocenters. The first kappa shape index (κ1) is 20.8. The van der Waals surface area contributed by atoms with Gasteiger partial charge in [-0.2, -0.15) is 0 Å². The molecule has 0 spiro atoms. The molecular formula is C20H29N5OS2. The molecule has 0 aliphatic carbocycles. The molecule has 2 N–H and O–H groups in total. The van der Waals surface area contributed by atoms with Crippen molar-refractivity contribution in [1.82, 2.24) is 20.4 Å². The largest absolute Gasteiger partial charge is 0.354 e. The lowest BCUT2D eigenvalue weighted by Gasteiger charge is -2.27. The Morgan fingerprint density at radius 1 is 1.18 bits per heavy atom. The van der Waals surface area contributed by atoms with Crippen LogP contribution in [-0.4, -0.2) is 61.9 Å². The third-order valence-corrected chi connectivity index (χ3v) is 6.65. The van der Waals surface area contributed by atoms with Crippen molar-refractivity contribution >= 4 is 34.5 Å². The minimum absolute atomic E-state index is 0.00780. The number of nitrogens with one attached hydrogen (secondary N) is 2. The molecule has 3 rings (SSSR count). The average molecular weight is 420 g/mol. The van der Waals surface area contributed by atoms with Crippen LogP contribution >= 0.6 is 22.7 Å². The van der Waals surface area contributed by atoms with Gasteiger partial charge in [-0.15, -0.1) is 22.7 Å². The summed E-state index contributed by atoms with van der Waals surface area (Å²) < 4.78 is 0. The second-order valence-corrected chi connectivity index (χ2v) is 9.05. The van der Waals surface area contributed by atoms with Gasteiger partial charge in [0.05, 0.1) is 12.6 Å². The molecule has 3 heterocycles. The topological polar surface area (TPSA) is 60.0 Å². The summed E-state index contributed by atoms with van der Waals surface area (Å²) in [6, 6.07) is 8.80. The summed E-state index contributed by atoms with van der Waals surface area (Å²) in [4.78, 5) is 23.2. The molecule has 0 radical (unpaired) electrons. The van der Waals surface area contributed by atoms with Crippen LogP contribution in [0.25, 0.3) is 0 Å². The number of carbonyl (C=O) groups is 1. The molecule has 0 bridgehead atoms. The maximum Gasteiger partial charge on any atom is 0.243 e. The van der Waals surface area contributed by atoms with Crippen molar-refractivity contribution in [3.05, 3.63) is 44.8 Å². The summed E-state index contributed by atoms with van der Waals surface area (Å²) >= 11 is 3.51. The summed E-state index contributed by atoms with van der Waals surface area (Å²) in [5.41, 5.74) is 0. The molecule has 0 aromatic carbocycles. The lowest BCUT2D eigenvalue weighted by Crippen LogP contribution is -2.42. The number of nitrogens with zero attached hydrogens (tertiary/aromatic N) is 3. The Morgan fingerprint density at radius 2 is 1.93 bits per heavy atom. The Kier molecular flexibility index (Phi) is 7.88. The molecule has 1 fully saturated rings. The summed E-state index contributed by atoms with van der Waals surface area (Å²) in [6.45, 7) is 3.89. The number of amides is 1. The summed E-state index contributed by atoms with van der Waals surface area (Å²) in [6.07, 6.45) is 2.52. The van der Waals surface area contributed by atoms with E-state index in [1.165, 1.54) is 22.6 Å². The van der Waals surface area contributed by atoms with Crippen molar-refractivity contribution in [1.29, 1.82) is 0 Å². The van der Waals surface area contributed by atoms with Gasteiger partial charge in [0.1, 0.15) is 6.54 Å². The number of thiophene rings is 2. The normalized spacial score (nSPS) is 16.1. The molecule has 8 heteroatoms. The molecule has 1 aliphatic heterocycles. The van der Waals surface area contributed by atoms with Crippen molar-refractivity contribution in [3.8, 4) is 0 Å². The smallest absolute Gasteiger partial charge is 0.243 e. The highest BCUT2D eigenvalue weighted by Gasteiger charge is 2.24. The van der Waals surface area contributed by atoms with Gasteiger partial charge in [0.15, 0.2) is 5.96 Å². The van der Waals surface area contributed by atoms with Gasteiger partial charge in [-0.25, -0.2) is 4.99 Å². The van der Waals surface area contributed by atoms with Crippen LogP contribution in [0.2, 0.25) is 0 Å². The fourth-order valence-electron chi connectivity index (χ4n) is 3.18. The third-order valence-electron chi connectivity index (χ3n) is 4.80. The summed E-state index contributed by atoms with van der Waals surface area (Å²) in [5.74, 6) is 0.677. The maximum absolute atomic E-state index is 12.0. The standard InChI is InChI=1S/C20H29N5OS2/c1-24(2)19(26)15-23-20(21-13-16-7-5-11-27-16)22-14-17(18-8-6-12-28-18)25-9-3-4-10-25/h5-8,11-12,17H,3-4,9-10,13-15H2,1-2H3,(H2,21,22,23). The van der Waals surface area contributed by atoms with E-state index in [0.717, 1.165) is 19.6 Å². The zero-order valence-electron chi connectivity index (χ0n) is 16.6. The number of hydrogen-bond acceptors (Lipinski definition) is 5. The number of likely N-dealkylation sites (N-methyl/N-ethyl adjacent to an activating group) is 1. The maximum atomic E-state index is 12.0. The van der Waals surface area contributed by atoms with E-state index in [4.69, 9.17) is 0 Å². The van der Waals surface area contributed by atoms with Crippen LogP contribution in [0, 0.1) is 0 Å². The van der Waals surface area contributed by atoms with Gasteiger partial charge in [0, 0.05) is 30.4 Å². The van der Waals surface area contributed by atoms with E-state index in [9.17, 15) is 4.79 Å². The minimum atomic E-state index is -0.00780. The lowest BCUT2D eigenvalue weighted by molar-refractivity contribution is -0.127. The molecule has 1 amide bonds. The number of rotatable bonds is 8.